The van der Waals surface area contributed by atoms with Crippen LogP contribution in [0.3, 0.4) is 0 Å². The van der Waals surface area contributed by atoms with Crippen LogP contribution in [0.2, 0.25) is 0 Å². The molecule has 1 aromatic carbocycles. The fraction of sp³-hybridized carbons (Fsp3) is 0.261. The zero-order chi connectivity index (χ0) is 22.0. The van der Waals surface area contributed by atoms with Gasteiger partial charge < -0.3 is 5.32 Å². The Morgan fingerprint density at radius 3 is 2.58 bits per heavy atom. The second-order valence-corrected chi connectivity index (χ2v) is 10.3. The average Bonchev–Trinajstić information content (AvgIpc) is 3.42. The molecule has 0 saturated carbocycles. The number of benzene rings is 1. The first-order valence-corrected chi connectivity index (χ1v) is 12.8. The highest BCUT2D eigenvalue weighted by molar-refractivity contribution is 7.99. The van der Waals surface area contributed by atoms with Crippen molar-refractivity contribution in [3.8, 4) is 16.1 Å². The third-order valence-electron chi connectivity index (χ3n) is 5.10. The summed E-state index contributed by atoms with van der Waals surface area (Å²) in [7, 11) is 0. The minimum Gasteiger partial charge on any atom is -0.353 e. The number of para-hydroxylation sites is 1. The van der Waals surface area contributed by atoms with Crippen LogP contribution in [0.15, 0.2) is 63.2 Å². The molecule has 1 amide bonds. The van der Waals surface area contributed by atoms with E-state index in [0.717, 1.165) is 16.1 Å². The van der Waals surface area contributed by atoms with Gasteiger partial charge in [-0.05, 0) is 36.4 Å². The molecule has 0 bridgehead atoms. The van der Waals surface area contributed by atoms with Crippen molar-refractivity contribution in [3.05, 3.63) is 63.6 Å². The molecule has 8 heteroatoms. The van der Waals surface area contributed by atoms with Crippen molar-refractivity contribution < 1.29 is 4.79 Å². The van der Waals surface area contributed by atoms with Gasteiger partial charge in [0.2, 0.25) is 5.91 Å². The van der Waals surface area contributed by atoms with Gasteiger partial charge in [-0.25, -0.2) is 4.98 Å². The molecule has 1 N–H and O–H groups in total. The predicted molar refractivity (Wildman–Crippen MR) is 132 cm³/mol. The van der Waals surface area contributed by atoms with Crippen molar-refractivity contribution in [2.75, 3.05) is 5.75 Å². The zero-order valence-corrected chi connectivity index (χ0v) is 19.9. The van der Waals surface area contributed by atoms with Gasteiger partial charge in [0, 0.05) is 21.9 Å². The summed E-state index contributed by atoms with van der Waals surface area (Å²) in [5.74, 6) is 0.490. The lowest BCUT2D eigenvalue weighted by Crippen LogP contribution is -2.37. The first-order chi connectivity index (χ1) is 15.0. The summed E-state index contributed by atoms with van der Waals surface area (Å²) in [5.41, 5.74) is 1.54. The summed E-state index contributed by atoms with van der Waals surface area (Å²) in [6, 6.07) is 13.6. The van der Waals surface area contributed by atoms with E-state index < -0.39 is 0 Å². The molecular formula is C23H23N3O2S3. The number of thiophene rings is 2. The molecule has 3 aromatic heterocycles. The highest BCUT2D eigenvalue weighted by Crippen LogP contribution is 2.35. The highest BCUT2D eigenvalue weighted by Gasteiger charge is 2.20. The number of carbonyl (C=O) groups is 1. The van der Waals surface area contributed by atoms with Crippen LogP contribution in [-0.4, -0.2) is 27.3 Å². The van der Waals surface area contributed by atoms with Gasteiger partial charge in [0.25, 0.3) is 5.56 Å². The number of amides is 1. The molecule has 1 unspecified atom stereocenters. The Bertz CT molecular complexity index is 1240. The number of carbonyl (C=O) groups excluding carboxylic acids is 1. The van der Waals surface area contributed by atoms with Crippen LogP contribution in [0.5, 0.6) is 0 Å². The Labute approximate surface area is 193 Å². The van der Waals surface area contributed by atoms with Crippen molar-refractivity contribution in [3.63, 3.8) is 0 Å². The maximum absolute atomic E-state index is 13.7. The molecule has 31 heavy (non-hydrogen) atoms. The van der Waals surface area contributed by atoms with E-state index in [1.165, 1.54) is 23.1 Å². The van der Waals surface area contributed by atoms with Crippen molar-refractivity contribution >= 4 is 50.6 Å². The lowest BCUT2D eigenvalue weighted by Gasteiger charge is -2.17. The van der Waals surface area contributed by atoms with E-state index in [2.05, 4.69) is 19.2 Å². The summed E-state index contributed by atoms with van der Waals surface area (Å²) in [4.78, 5) is 32.6. The smallest absolute Gasteiger partial charge is 0.268 e. The lowest BCUT2D eigenvalue weighted by atomic mass is 10.1. The molecule has 0 radical (unpaired) electrons. The molecule has 0 aliphatic rings. The Balaban J connectivity index is 1.76. The number of thioether (sulfide) groups is 1. The predicted octanol–water partition coefficient (Wildman–Crippen LogP) is 5.43. The quantitative estimate of drug-likeness (QED) is 0.290. The summed E-state index contributed by atoms with van der Waals surface area (Å²) < 4.78 is 1.62. The van der Waals surface area contributed by atoms with Crippen LogP contribution in [-0.2, 0) is 4.79 Å². The molecule has 4 aromatic rings. The first-order valence-electron chi connectivity index (χ1n) is 10.0. The molecule has 160 valence electrons. The van der Waals surface area contributed by atoms with Crippen molar-refractivity contribution in [1.29, 1.82) is 0 Å². The molecule has 0 spiro atoms. The monoisotopic (exact) mass is 469 g/mol. The minimum absolute atomic E-state index is 0.0642. The number of aromatic nitrogens is 2. The number of fused-ring (bicyclic) bond motifs is 1. The molecule has 0 saturated heterocycles. The Hall–Kier alpha value is -2.42. The van der Waals surface area contributed by atoms with E-state index in [-0.39, 0.29) is 23.3 Å². The summed E-state index contributed by atoms with van der Waals surface area (Å²) in [6.45, 7) is 6.14. The second-order valence-electron chi connectivity index (χ2n) is 7.57. The fourth-order valence-electron chi connectivity index (χ4n) is 3.08. The maximum Gasteiger partial charge on any atom is 0.268 e. The van der Waals surface area contributed by atoms with Gasteiger partial charge in [-0.1, -0.05) is 49.9 Å². The standard InChI is InChI=1S/C23H23N3O2S3/c1-14(2)15(3)24-19(27)13-31-23-25-21-20(17(12-30-21)18-10-7-11-29-18)22(28)26(23)16-8-5-4-6-9-16/h4-12,14-15H,13H2,1-3H3,(H,24,27). The van der Waals surface area contributed by atoms with Gasteiger partial charge in [0.1, 0.15) is 4.83 Å². The van der Waals surface area contributed by atoms with Gasteiger partial charge in [0.05, 0.1) is 16.8 Å². The molecule has 0 aliphatic heterocycles. The molecule has 5 nitrogen and oxygen atoms in total. The van der Waals surface area contributed by atoms with E-state index >= 15 is 0 Å². The van der Waals surface area contributed by atoms with Crippen LogP contribution in [0.25, 0.3) is 26.3 Å². The maximum atomic E-state index is 13.7. The Morgan fingerprint density at radius 1 is 1.13 bits per heavy atom. The van der Waals surface area contributed by atoms with E-state index in [1.54, 1.807) is 15.9 Å². The lowest BCUT2D eigenvalue weighted by molar-refractivity contribution is -0.119. The van der Waals surface area contributed by atoms with E-state index in [1.807, 2.05) is 60.1 Å². The van der Waals surface area contributed by atoms with Crippen molar-refractivity contribution in [2.24, 2.45) is 5.92 Å². The van der Waals surface area contributed by atoms with Gasteiger partial charge in [-0.3, -0.25) is 14.2 Å². The second kappa shape index (κ2) is 9.38. The number of rotatable bonds is 7. The van der Waals surface area contributed by atoms with Crippen LogP contribution < -0.4 is 10.9 Å². The Kier molecular flexibility index (Phi) is 6.60. The summed E-state index contributed by atoms with van der Waals surface area (Å²) >= 11 is 4.35. The van der Waals surface area contributed by atoms with Crippen molar-refractivity contribution in [1.82, 2.24) is 14.9 Å². The van der Waals surface area contributed by atoms with Gasteiger partial charge >= 0.3 is 0 Å². The third-order valence-corrected chi connectivity index (χ3v) is 7.81. The number of hydrogen-bond donors (Lipinski definition) is 1. The van der Waals surface area contributed by atoms with Crippen molar-refractivity contribution in [2.45, 2.75) is 32.0 Å². The first kappa shape index (κ1) is 21.8. The summed E-state index contributed by atoms with van der Waals surface area (Å²) in [6.07, 6.45) is 0. The molecule has 4 rings (SSSR count). The topological polar surface area (TPSA) is 64.0 Å². The normalized spacial score (nSPS) is 12.4. The van der Waals surface area contributed by atoms with Gasteiger partial charge in [-0.15, -0.1) is 22.7 Å². The van der Waals surface area contributed by atoms with Crippen LogP contribution in [0, 0.1) is 5.92 Å². The number of hydrogen-bond acceptors (Lipinski definition) is 6. The molecule has 1 atom stereocenters. The van der Waals surface area contributed by atoms with E-state index in [4.69, 9.17) is 4.98 Å². The largest absolute Gasteiger partial charge is 0.353 e. The molecule has 3 heterocycles. The fourth-order valence-corrected chi connectivity index (χ4v) is 5.71. The summed E-state index contributed by atoms with van der Waals surface area (Å²) in [5, 5.41) is 8.15. The van der Waals surface area contributed by atoms with Gasteiger partial charge in [0.15, 0.2) is 5.16 Å². The van der Waals surface area contributed by atoms with Crippen LogP contribution in [0.4, 0.5) is 0 Å². The number of nitrogens with zero attached hydrogens (tertiary/aromatic N) is 2. The molecule has 0 aliphatic carbocycles. The molecule has 0 fully saturated rings. The van der Waals surface area contributed by atoms with Gasteiger partial charge in [-0.2, -0.15) is 0 Å². The third kappa shape index (κ3) is 4.61. The van der Waals surface area contributed by atoms with Crippen LogP contribution >= 0.6 is 34.4 Å². The highest BCUT2D eigenvalue weighted by atomic mass is 32.2. The Morgan fingerprint density at radius 2 is 1.90 bits per heavy atom. The SMILES string of the molecule is CC(C)C(C)NC(=O)CSc1nc2scc(-c3cccs3)c2c(=O)n1-c1ccccc1. The number of nitrogens with one attached hydrogen (secondary N) is 1. The van der Waals surface area contributed by atoms with E-state index in [9.17, 15) is 9.59 Å². The minimum atomic E-state index is -0.112. The van der Waals surface area contributed by atoms with Crippen LogP contribution in [0.1, 0.15) is 20.8 Å². The zero-order valence-electron chi connectivity index (χ0n) is 17.5. The van der Waals surface area contributed by atoms with E-state index in [0.29, 0.717) is 21.3 Å². The average molecular weight is 470 g/mol. The molecular weight excluding hydrogens is 446 g/mol.